The molecule has 22 heavy (non-hydrogen) atoms. The molecule has 2 aromatic rings. The molecule has 2 amide bonds. The molecule has 1 unspecified atom stereocenters. The van der Waals surface area contributed by atoms with Gasteiger partial charge in [0.15, 0.2) is 0 Å². The van der Waals surface area contributed by atoms with Crippen LogP contribution in [0.5, 0.6) is 0 Å². The number of hydrogen-bond acceptors (Lipinski definition) is 1. The van der Waals surface area contributed by atoms with E-state index in [4.69, 9.17) is 0 Å². The Hall–Kier alpha value is -1.75. The van der Waals surface area contributed by atoms with E-state index in [1.807, 2.05) is 23.1 Å². The van der Waals surface area contributed by atoms with Gasteiger partial charge in [0, 0.05) is 36.9 Å². The third-order valence-corrected chi connectivity index (χ3v) is 4.56. The highest BCUT2D eigenvalue weighted by molar-refractivity contribution is 9.09. The number of amides is 2. The maximum atomic E-state index is 12.6. The van der Waals surface area contributed by atoms with Gasteiger partial charge in [-0.15, -0.1) is 0 Å². The molecule has 0 radical (unpaired) electrons. The number of halogens is 1. The number of carbonyl (C=O) groups excluding carboxylic acids is 1. The van der Waals surface area contributed by atoms with Crippen LogP contribution in [0.2, 0.25) is 0 Å². The number of nitrogens with one attached hydrogen (secondary N) is 1. The van der Waals surface area contributed by atoms with Crippen molar-refractivity contribution in [2.45, 2.75) is 19.0 Å². The summed E-state index contributed by atoms with van der Waals surface area (Å²) in [5, 5.41) is 3.92. The van der Waals surface area contributed by atoms with E-state index >= 15 is 0 Å². The Morgan fingerprint density at radius 1 is 1.18 bits per heavy atom. The summed E-state index contributed by atoms with van der Waals surface area (Å²) in [7, 11) is 0. The van der Waals surface area contributed by atoms with Crippen LogP contribution in [0.15, 0.2) is 48.7 Å². The molecule has 3 rings (SSSR count). The molecule has 2 heterocycles. The Kier molecular flexibility index (Phi) is 4.83. The van der Waals surface area contributed by atoms with E-state index in [9.17, 15) is 4.79 Å². The molecule has 1 atom stereocenters. The van der Waals surface area contributed by atoms with Gasteiger partial charge in [0.05, 0.1) is 6.04 Å². The minimum Gasteiger partial charge on any atom is -0.348 e. The fourth-order valence-electron chi connectivity index (χ4n) is 2.95. The van der Waals surface area contributed by atoms with Gasteiger partial charge in [0.25, 0.3) is 0 Å². The lowest BCUT2D eigenvalue weighted by Crippen LogP contribution is -2.47. The Morgan fingerprint density at radius 2 is 2.00 bits per heavy atom. The van der Waals surface area contributed by atoms with Crippen LogP contribution in [0.1, 0.15) is 23.7 Å². The summed E-state index contributed by atoms with van der Waals surface area (Å²) in [5.41, 5.74) is 2.32. The number of benzene rings is 1. The Balaban J connectivity index is 1.87. The van der Waals surface area contributed by atoms with Gasteiger partial charge < -0.3 is 14.8 Å². The van der Waals surface area contributed by atoms with Crippen molar-refractivity contribution in [3.05, 3.63) is 59.9 Å². The zero-order chi connectivity index (χ0) is 15.4. The lowest BCUT2D eigenvalue weighted by molar-refractivity contribution is 0.169. The zero-order valence-corrected chi connectivity index (χ0v) is 14.0. The van der Waals surface area contributed by atoms with E-state index in [0.717, 1.165) is 30.4 Å². The van der Waals surface area contributed by atoms with Gasteiger partial charge in [-0.2, -0.15) is 0 Å². The van der Waals surface area contributed by atoms with Crippen LogP contribution in [0.25, 0.3) is 0 Å². The molecule has 0 fully saturated rings. The van der Waals surface area contributed by atoms with Crippen molar-refractivity contribution in [1.82, 2.24) is 14.8 Å². The van der Waals surface area contributed by atoms with Crippen molar-refractivity contribution in [2.75, 3.05) is 18.4 Å². The second-order valence-corrected chi connectivity index (χ2v) is 6.20. The van der Waals surface area contributed by atoms with Crippen molar-refractivity contribution in [3.8, 4) is 0 Å². The highest BCUT2D eigenvalue weighted by Crippen LogP contribution is 2.32. The zero-order valence-electron chi connectivity index (χ0n) is 12.4. The molecular formula is C17H20BrN3O. The molecule has 0 bridgehead atoms. The van der Waals surface area contributed by atoms with Crippen LogP contribution in [-0.2, 0) is 6.54 Å². The normalized spacial score (nSPS) is 17.1. The van der Waals surface area contributed by atoms with E-state index < -0.39 is 0 Å². The lowest BCUT2D eigenvalue weighted by Gasteiger charge is -2.37. The summed E-state index contributed by atoms with van der Waals surface area (Å²) in [6.45, 7) is 2.27. The second-order valence-electron chi connectivity index (χ2n) is 5.41. The SMILES string of the molecule is O=C(NCCCBr)N1CCn2cccc2C1c1ccccc1. The van der Waals surface area contributed by atoms with E-state index in [-0.39, 0.29) is 12.1 Å². The molecule has 116 valence electrons. The second kappa shape index (κ2) is 7.01. The molecule has 1 aromatic carbocycles. The third-order valence-electron chi connectivity index (χ3n) is 4.00. The van der Waals surface area contributed by atoms with Crippen LogP contribution >= 0.6 is 15.9 Å². The Bertz CT molecular complexity index is 626. The van der Waals surface area contributed by atoms with E-state index in [0.29, 0.717) is 6.54 Å². The Labute approximate surface area is 139 Å². The average molecular weight is 362 g/mol. The van der Waals surface area contributed by atoms with E-state index in [1.54, 1.807) is 0 Å². The first-order chi connectivity index (χ1) is 10.8. The smallest absolute Gasteiger partial charge is 0.318 e. The summed E-state index contributed by atoms with van der Waals surface area (Å²) in [6, 6.07) is 14.4. The predicted octanol–water partition coefficient (Wildman–Crippen LogP) is 3.39. The molecule has 1 aliphatic heterocycles. The molecule has 0 aliphatic carbocycles. The standard InChI is InChI=1S/C17H20BrN3O/c18-9-5-10-19-17(22)21-13-12-20-11-4-8-15(20)16(21)14-6-2-1-3-7-14/h1-4,6-8,11,16H,5,9-10,12-13H2,(H,19,22). The van der Waals surface area contributed by atoms with Crippen molar-refractivity contribution < 1.29 is 4.79 Å². The van der Waals surface area contributed by atoms with Gasteiger partial charge >= 0.3 is 6.03 Å². The van der Waals surface area contributed by atoms with E-state index in [2.05, 4.69) is 56.3 Å². The minimum absolute atomic E-state index is 0.0160. The molecule has 0 spiro atoms. The molecule has 4 nitrogen and oxygen atoms in total. The largest absolute Gasteiger partial charge is 0.348 e. The number of urea groups is 1. The van der Waals surface area contributed by atoms with Crippen LogP contribution < -0.4 is 5.32 Å². The number of alkyl halides is 1. The maximum absolute atomic E-state index is 12.6. The topological polar surface area (TPSA) is 37.3 Å². The monoisotopic (exact) mass is 361 g/mol. The third kappa shape index (κ3) is 3.04. The summed E-state index contributed by atoms with van der Waals surface area (Å²) in [4.78, 5) is 14.5. The minimum atomic E-state index is -0.0195. The van der Waals surface area contributed by atoms with Crippen molar-refractivity contribution in [3.63, 3.8) is 0 Å². The number of aromatic nitrogens is 1. The highest BCUT2D eigenvalue weighted by Gasteiger charge is 2.31. The molecule has 0 saturated heterocycles. The van der Waals surface area contributed by atoms with Gasteiger partial charge in [-0.1, -0.05) is 46.3 Å². The summed E-state index contributed by atoms with van der Waals surface area (Å²) < 4.78 is 2.24. The van der Waals surface area contributed by atoms with Crippen LogP contribution in [0, 0.1) is 0 Å². The quantitative estimate of drug-likeness (QED) is 0.657. The summed E-state index contributed by atoms with van der Waals surface area (Å²) in [6.07, 6.45) is 3.03. The Morgan fingerprint density at radius 3 is 2.77 bits per heavy atom. The first-order valence-corrected chi connectivity index (χ1v) is 8.74. The fraction of sp³-hybridized carbons (Fsp3) is 0.353. The number of carbonyl (C=O) groups is 1. The predicted molar refractivity (Wildman–Crippen MR) is 91.2 cm³/mol. The molecular weight excluding hydrogens is 342 g/mol. The lowest BCUT2D eigenvalue weighted by atomic mass is 10.0. The van der Waals surface area contributed by atoms with Gasteiger partial charge in [-0.05, 0) is 24.1 Å². The van der Waals surface area contributed by atoms with Gasteiger partial charge in [-0.25, -0.2) is 4.79 Å². The first-order valence-electron chi connectivity index (χ1n) is 7.61. The van der Waals surface area contributed by atoms with Crippen LogP contribution in [0.4, 0.5) is 4.79 Å². The molecule has 0 saturated carbocycles. The van der Waals surface area contributed by atoms with Gasteiger partial charge in [0.2, 0.25) is 0 Å². The molecule has 5 heteroatoms. The van der Waals surface area contributed by atoms with E-state index in [1.165, 1.54) is 5.69 Å². The number of fused-ring (bicyclic) bond motifs is 1. The van der Waals surface area contributed by atoms with Crippen LogP contribution in [-0.4, -0.2) is 33.9 Å². The maximum Gasteiger partial charge on any atom is 0.318 e. The van der Waals surface area contributed by atoms with Crippen molar-refractivity contribution >= 4 is 22.0 Å². The number of nitrogens with zero attached hydrogens (tertiary/aromatic N) is 2. The van der Waals surface area contributed by atoms with Crippen molar-refractivity contribution in [2.24, 2.45) is 0 Å². The molecule has 1 N–H and O–H groups in total. The average Bonchev–Trinajstić information content (AvgIpc) is 3.03. The van der Waals surface area contributed by atoms with Gasteiger partial charge in [0.1, 0.15) is 0 Å². The fourth-order valence-corrected chi connectivity index (χ4v) is 3.23. The van der Waals surface area contributed by atoms with Gasteiger partial charge in [-0.3, -0.25) is 0 Å². The summed E-state index contributed by atoms with van der Waals surface area (Å²) in [5.74, 6) is 0. The highest BCUT2D eigenvalue weighted by atomic mass is 79.9. The summed E-state index contributed by atoms with van der Waals surface area (Å²) >= 11 is 3.39. The molecule has 1 aromatic heterocycles. The number of hydrogen-bond donors (Lipinski definition) is 1. The first kappa shape index (κ1) is 15.2. The number of rotatable bonds is 4. The van der Waals surface area contributed by atoms with Crippen LogP contribution in [0.3, 0.4) is 0 Å². The van der Waals surface area contributed by atoms with Crippen molar-refractivity contribution in [1.29, 1.82) is 0 Å². The molecule has 1 aliphatic rings.